The Balaban J connectivity index is 1.48. The molecule has 0 spiro atoms. The number of amides is 1. The number of pyridine rings is 1. The second-order valence-corrected chi connectivity index (χ2v) is 8.67. The number of halogens is 1. The van der Waals surface area contributed by atoms with E-state index in [1.54, 1.807) is 30.6 Å². The van der Waals surface area contributed by atoms with E-state index in [0.717, 1.165) is 11.3 Å². The van der Waals surface area contributed by atoms with Crippen molar-refractivity contribution in [3.05, 3.63) is 58.5 Å². The molecule has 2 aliphatic heterocycles. The van der Waals surface area contributed by atoms with Crippen LogP contribution in [0.15, 0.2) is 47.9 Å². The Morgan fingerprint density at radius 3 is 3.03 bits per heavy atom. The summed E-state index contributed by atoms with van der Waals surface area (Å²) >= 11 is 11.8. The molecule has 3 N–H and O–H groups in total. The van der Waals surface area contributed by atoms with Crippen LogP contribution in [0.1, 0.15) is 12.0 Å². The molecule has 0 bridgehead atoms. The van der Waals surface area contributed by atoms with E-state index in [-0.39, 0.29) is 17.0 Å². The summed E-state index contributed by atoms with van der Waals surface area (Å²) < 4.78 is 22.4. The van der Waals surface area contributed by atoms with Crippen molar-refractivity contribution >= 4 is 40.4 Å². The predicted molar refractivity (Wildman–Crippen MR) is 136 cm³/mol. The molecule has 1 fully saturated rings. The molecule has 186 valence electrons. The lowest BCUT2D eigenvalue weighted by Crippen LogP contribution is -2.39. The predicted octanol–water partition coefficient (Wildman–Crippen LogP) is 2.84. The maximum Gasteiger partial charge on any atom is 0.256 e. The summed E-state index contributed by atoms with van der Waals surface area (Å²) in [6, 6.07) is 7.15. The Morgan fingerprint density at radius 2 is 2.23 bits per heavy atom. The highest BCUT2D eigenvalue weighted by Crippen LogP contribution is 2.33. The van der Waals surface area contributed by atoms with Crippen molar-refractivity contribution in [3.8, 4) is 11.5 Å². The van der Waals surface area contributed by atoms with Gasteiger partial charge in [-0.15, -0.1) is 0 Å². The van der Waals surface area contributed by atoms with E-state index >= 15 is 0 Å². The van der Waals surface area contributed by atoms with Gasteiger partial charge in [0.1, 0.15) is 23.4 Å². The monoisotopic (exact) mass is 518 g/mol. The minimum atomic E-state index is -0.252. The van der Waals surface area contributed by atoms with Crippen molar-refractivity contribution in [2.45, 2.75) is 19.1 Å². The fourth-order valence-corrected chi connectivity index (χ4v) is 4.35. The zero-order chi connectivity index (χ0) is 24.6. The molecule has 1 atom stereocenters. The number of methoxy groups -OCH3 is 1. The first-order valence-corrected chi connectivity index (χ1v) is 12.0. The van der Waals surface area contributed by atoms with Crippen molar-refractivity contribution < 1.29 is 23.7 Å². The molecule has 1 amide bonds. The van der Waals surface area contributed by atoms with Gasteiger partial charge >= 0.3 is 0 Å². The SMILES string of the molecule is COc1c(Cl)cccc1NC(=S)C1=C(NCc2ccncc2OC[C@@H]2COCCO2)CCNC1=O. The fourth-order valence-electron chi connectivity index (χ4n) is 3.77. The van der Waals surface area contributed by atoms with Crippen LogP contribution in [0.25, 0.3) is 0 Å². The van der Waals surface area contributed by atoms with Crippen LogP contribution in [-0.2, 0) is 20.8 Å². The first-order chi connectivity index (χ1) is 17.1. The van der Waals surface area contributed by atoms with Crippen LogP contribution >= 0.6 is 23.8 Å². The Labute approximate surface area is 214 Å². The van der Waals surface area contributed by atoms with Crippen molar-refractivity contribution in [2.75, 3.05) is 45.4 Å². The van der Waals surface area contributed by atoms with E-state index in [9.17, 15) is 4.79 Å². The third-order valence-electron chi connectivity index (χ3n) is 5.51. The minimum Gasteiger partial charge on any atom is -0.493 e. The number of para-hydroxylation sites is 1. The van der Waals surface area contributed by atoms with E-state index in [2.05, 4.69) is 20.9 Å². The number of anilines is 1. The molecule has 0 saturated carbocycles. The lowest BCUT2D eigenvalue weighted by Gasteiger charge is -2.25. The third-order valence-corrected chi connectivity index (χ3v) is 6.11. The Kier molecular flexibility index (Phi) is 8.75. The summed E-state index contributed by atoms with van der Waals surface area (Å²) in [6.07, 6.45) is 3.85. The Bertz CT molecular complexity index is 1110. The van der Waals surface area contributed by atoms with Gasteiger partial charge in [-0.3, -0.25) is 9.78 Å². The number of benzene rings is 1. The van der Waals surface area contributed by atoms with Gasteiger partial charge in [0, 0.05) is 37.0 Å². The van der Waals surface area contributed by atoms with Gasteiger partial charge in [0.2, 0.25) is 0 Å². The first kappa shape index (κ1) is 25.2. The maximum absolute atomic E-state index is 12.8. The van der Waals surface area contributed by atoms with Gasteiger partial charge in [-0.05, 0) is 18.2 Å². The molecule has 9 nitrogen and oxygen atoms in total. The number of nitrogens with one attached hydrogen (secondary N) is 3. The molecule has 1 aromatic carbocycles. The van der Waals surface area contributed by atoms with E-state index in [1.165, 1.54) is 7.11 Å². The summed E-state index contributed by atoms with van der Waals surface area (Å²) in [5.41, 5.74) is 2.58. The number of carbonyl (C=O) groups excluding carboxylic acids is 1. The highest BCUT2D eigenvalue weighted by atomic mass is 35.5. The molecular formula is C24H27ClN4O5S. The van der Waals surface area contributed by atoms with Crippen LogP contribution in [-0.4, -0.2) is 62.1 Å². The molecule has 2 aromatic rings. The molecule has 0 unspecified atom stereocenters. The molecule has 4 rings (SSSR count). The number of hydrogen-bond acceptors (Lipinski definition) is 8. The second kappa shape index (κ2) is 12.2. The minimum absolute atomic E-state index is 0.118. The zero-order valence-electron chi connectivity index (χ0n) is 19.3. The quantitative estimate of drug-likeness (QED) is 0.432. The molecule has 0 radical (unpaired) electrons. The molecule has 1 saturated heterocycles. The van der Waals surface area contributed by atoms with E-state index in [0.29, 0.717) is 73.7 Å². The van der Waals surface area contributed by atoms with Gasteiger partial charge in [-0.25, -0.2) is 0 Å². The molecule has 2 aliphatic rings. The summed E-state index contributed by atoms with van der Waals surface area (Å²) in [5.74, 6) is 0.840. The van der Waals surface area contributed by atoms with Gasteiger partial charge in [-0.2, -0.15) is 0 Å². The fraction of sp³-hybridized carbons (Fsp3) is 0.375. The molecule has 11 heteroatoms. The maximum atomic E-state index is 12.8. The molecule has 35 heavy (non-hydrogen) atoms. The number of ether oxygens (including phenoxy) is 4. The van der Waals surface area contributed by atoms with Gasteiger partial charge in [0.15, 0.2) is 5.75 Å². The highest BCUT2D eigenvalue weighted by molar-refractivity contribution is 7.81. The molecular weight excluding hydrogens is 492 g/mol. The summed E-state index contributed by atoms with van der Waals surface area (Å²) in [4.78, 5) is 17.2. The Morgan fingerprint density at radius 1 is 1.34 bits per heavy atom. The normalized spacial score (nSPS) is 18.0. The number of nitrogens with zero attached hydrogens (tertiary/aromatic N) is 1. The second-order valence-electron chi connectivity index (χ2n) is 7.85. The van der Waals surface area contributed by atoms with Crippen molar-refractivity contribution in [1.29, 1.82) is 0 Å². The Hall–Kier alpha value is -2.92. The number of thiocarbonyl (C=S) groups is 1. The topological polar surface area (TPSA) is 103 Å². The number of aromatic nitrogens is 1. The van der Waals surface area contributed by atoms with Gasteiger partial charge in [0.05, 0.1) is 49.4 Å². The van der Waals surface area contributed by atoms with Crippen molar-refractivity contribution in [1.82, 2.24) is 15.6 Å². The van der Waals surface area contributed by atoms with E-state index in [4.69, 9.17) is 42.8 Å². The highest BCUT2D eigenvalue weighted by Gasteiger charge is 2.25. The molecule has 0 aliphatic carbocycles. The summed E-state index contributed by atoms with van der Waals surface area (Å²) in [7, 11) is 1.52. The largest absolute Gasteiger partial charge is 0.493 e. The van der Waals surface area contributed by atoms with Crippen LogP contribution in [0, 0.1) is 0 Å². The molecule has 1 aromatic heterocycles. The van der Waals surface area contributed by atoms with Gasteiger partial charge in [-0.1, -0.05) is 29.9 Å². The molecule has 3 heterocycles. The number of carbonyl (C=O) groups is 1. The number of hydrogen-bond donors (Lipinski definition) is 3. The van der Waals surface area contributed by atoms with E-state index < -0.39 is 0 Å². The number of rotatable bonds is 9. The lowest BCUT2D eigenvalue weighted by atomic mass is 10.1. The third kappa shape index (κ3) is 6.40. The van der Waals surface area contributed by atoms with Gasteiger partial charge < -0.3 is 34.9 Å². The van der Waals surface area contributed by atoms with Crippen LogP contribution in [0.4, 0.5) is 5.69 Å². The van der Waals surface area contributed by atoms with Gasteiger partial charge in [0.25, 0.3) is 5.91 Å². The lowest BCUT2D eigenvalue weighted by molar-refractivity contribution is -0.117. The zero-order valence-corrected chi connectivity index (χ0v) is 20.8. The van der Waals surface area contributed by atoms with Crippen molar-refractivity contribution in [3.63, 3.8) is 0 Å². The smallest absolute Gasteiger partial charge is 0.256 e. The van der Waals surface area contributed by atoms with Crippen molar-refractivity contribution in [2.24, 2.45) is 0 Å². The standard InChI is InChI=1S/C24H27ClN4O5S/c1-31-22-17(25)3-2-4-19(22)29-24(35)21-18(6-8-27-23(21)30)28-11-15-5-7-26-12-20(15)34-14-16-13-32-9-10-33-16/h2-5,7,12,16,28H,6,8-11,13-14H2,1H3,(H,27,30)(H,29,35)/t16-/m0/s1. The first-order valence-electron chi connectivity index (χ1n) is 11.2. The average molecular weight is 519 g/mol. The average Bonchev–Trinajstić information content (AvgIpc) is 2.87. The van der Waals surface area contributed by atoms with Crippen LogP contribution in [0.2, 0.25) is 5.02 Å². The van der Waals surface area contributed by atoms with Crippen LogP contribution < -0.4 is 25.4 Å². The van der Waals surface area contributed by atoms with Crippen LogP contribution in [0.5, 0.6) is 11.5 Å². The summed E-state index contributed by atoms with van der Waals surface area (Å²) in [6.45, 7) is 2.96. The van der Waals surface area contributed by atoms with Crippen LogP contribution in [0.3, 0.4) is 0 Å². The van der Waals surface area contributed by atoms with E-state index in [1.807, 2.05) is 6.07 Å². The summed E-state index contributed by atoms with van der Waals surface area (Å²) in [5, 5.41) is 9.77.